The molecule has 3 aromatic rings. The average molecular weight is 461 g/mol. The lowest BCUT2D eigenvalue weighted by Crippen LogP contribution is -2.23. The van der Waals surface area contributed by atoms with Gasteiger partial charge in [-0.1, -0.05) is 40.2 Å². The first kappa shape index (κ1) is 20.1. The number of furan rings is 1. The Hall–Kier alpha value is -2.68. The lowest BCUT2D eigenvalue weighted by molar-refractivity contribution is -0.111. The van der Waals surface area contributed by atoms with Gasteiger partial charge in [0.05, 0.1) is 17.7 Å². The molecule has 1 heterocycles. The van der Waals surface area contributed by atoms with Crippen molar-refractivity contribution in [2.24, 2.45) is 0 Å². The van der Waals surface area contributed by atoms with Gasteiger partial charge >= 0.3 is 0 Å². The minimum absolute atomic E-state index is 0.0423. The van der Waals surface area contributed by atoms with E-state index in [1.807, 2.05) is 24.3 Å². The van der Waals surface area contributed by atoms with E-state index in [2.05, 4.69) is 26.0 Å². The Labute approximate surface area is 171 Å². The Morgan fingerprint density at radius 1 is 1.07 bits per heavy atom. The smallest absolute Gasteiger partial charge is 0.248 e. The maximum absolute atomic E-state index is 12.4. The molecular formula is C20H17BrN2O4S. The summed E-state index contributed by atoms with van der Waals surface area (Å²) < 4.78 is 33.3. The van der Waals surface area contributed by atoms with Crippen LogP contribution in [0, 0.1) is 0 Å². The fraction of sp³-hybridized carbons (Fsp3) is 0.0500. The summed E-state index contributed by atoms with van der Waals surface area (Å²) in [5.41, 5.74) is 1.23. The van der Waals surface area contributed by atoms with E-state index in [1.54, 1.807) is 30.3 Å². The van der Waals surface area contributed by atoms with Crippen LogP contribution in [0.5, 0.6) is 0 Å². The molecule has 0 aliphatic heterocycles. The van der Waals surface area contributed by atoms with Gasteiger partial charge in [0.1, 0.15) is 5.76 Å². The summed E-state index contributed by atoms with van der Waals surface area (Å²) in [5.74, 6) is 0.138. The van der Waals surface area contributed by atoms with E-state index in [9.17, 15) is 13.2 Å². The van der Waals surface area contributed by atoms with Gasteiger partial charge in [-0.15, -0.1) is 0 Å². The number of sulfonamides is 1. The van der Waals surface area contributed by atoms with Crippen molar-refractivity contribution in [3.63, 3.8) is 0 Å². The number of carbonyl (C=O) groups excluding carboxylic acids is 1. The van der Waals surface area contributed by atoms with Gasteiger partial charge in [-0.2, -0.15) is 0 Å². The highest BCUT2D eigenvalue weighted by Crippen LogP contribution is 2.18. The molecule has 0 aliphatic rings. The highest BCUT2D eigenvalue weighted by Gasteiger charge is 2.15. The quantitative estimate of drug-likeness (QED) is 0.517. The summed E-state index contributed by atoms with van der Waals surface area (Å²) in [7, 11) is -3.74. The van der Waals surface area contributed by atoms with Crippen LogP contribution in [-0.2, 0) is 21.4 Å². The zero-order valence-corrected chi connectivity index (χ0v) is 17.0. The largest absolute Gasteiger partial charge is 0.468 e. The molecule has 0 aliphatic carbocycles. The van der Waals surface area contributed by atoms with Gasteiger partial charge in [-0.25, -0.2) is 13.1 Å². The van der Waals surface area contributed by atoms with E-state index in [1.165, 1.54) is 24.5 Å². The number of rotatable bonds is 7. The fourth-order valence-corrected chi connectivity index (χ4v) is 3.82. The molecule has 1 amide bonds. The third-order valence-corrected chi connectivity index (χ3v) is 5.87. The van der Waals surface area contributed by atoms with Crippen LogP contribution in [0.3, 0.4) is 0 Å². The summed E-state index contributed by atoms with van der Waals surface area (Å²) in [4.78, 5) is 12.2. The van der Waals surface area contributed by atoms with Crippen LogP contribution in [0.2, 0.25) is 0 Å². The fourth-order valence-electron chi connectivity index (χ4n) is 2.36. The highest BCUT2D eigenvalue weighted by atomic mass is 79.9. The molecule has 6 nitrogen and oxygen atoms in total. The summed E-state index contributed by atoms with van der Waals surface area (Å²) in [6, 6.07) is 16.9. The number of hydrogen-bond acceptors (Lipinski definition) is 4. The maximum Gasteiger partial charge on any atom is 0.248 e. The molecule has 0 saturated carbocycles. The Kier molecular flexibility index (Phi) is 6.45. The number of nitrogens with one attached hydrogen (secondary N) is 2. The molecule has 0 saturated heterocycles. The van der Waals surface area contributed by atoms with Crippen molar-refractivity contribution in [3.05, 3.63) is 88.8 Å². The predicted octanol–water partition coefficient (Wildman–Crippen LogP) is 4.17. The van der Waals surface area contributed by atoms with E-state index in [4.69, 9.17) is 4.42 Å². The Balaban J connectivity index is 1.67. The average Bonchev–Trinajstić information content (AvgIpc) is 3.20. The molecule has 3 rings (SSSR count). The second kappa shape index (κ2) is 9.01. The molecule has 0 spiro atoms. The Bertz CT molecular complexity index is 1090. The third kappa shape index (κ3) is 5.41. The molecule has 2 N–H and O–H groups in total. The van der Waals surface area contributed by atoms with Crippen LogP contribution in [0.1, 0.15) is 11.3 Å². The van der Waals surface area contributed by atoms with Crippen molar-refractivity contribution in [1.82, 2.24) is 4.72 Å². The van der Waals surface area contributed by atoms with Crippen LogP contribution >= 0.6 is 15.9 Å². The molecule has 28 heavy (non-hydrogen) atoms. The lowest BCUT2D eigenvalue weighted by Gasteiger charge is -2.08. The molecule has 0 atom stereocenters. The standard InChI is InChI=1S/C20H17BrN2O4S/c21-19-9-2-1-5-15(19)10-11-20(24)23-16-6-3-8-18(13-16)28(25,26)22-14-17-7-4-12-27-17/h1-13,22H,14H2,(H,23,24)/b11-10+. The molecule has 0 fully saturated rings. The number of benzene rings is 2. The SMILES string of the molecule is O=C(/C=C/c1ccccc1Br)Nc1cccc(S(=O)(=O)NCc2ccco2)c1. The summed E-state index contributed by atoms with van der Waals surface area (Å²) in [6.07, 6.45) is 4.53. The summed E-state index contributed by atoms with van der Waals surface area (Å²) in [6.45, 7) is 0.0423. The number of carbonyl (C=O) groups is 1. The van der Waals surface area contributed by atoms with E-state index < -0.39 is 10.0 Å². The number of halogens is 1. The van der Waals surface area contributed by atoms with Crippen LogP contribution in [0.4, 0.5) is 5.69 Å². The van der Waals surface area contributed by atoms with Gasteiger partial charge in [-0.3, -0.25) is 4.79 Å². The van der Waals surface area contributed by atoms with Crippen LogP contribution in [0.15, 0.2) is 86.8 Å². The Morgan fingerprint density at radius 2 is 1.89 bits per heavy atom. The number of hydrogen-bond donors (Lipinski definition) is 2. The first-order valence-electron chi connectivity index (χ1n) is 8.30. The van der Waals surface area contributed by atoms with Crippen LogP contribution in [-0.4, -0.2) is 14.3 Å². The lowest BCUT2D eigenvalue weighted by atomic mass is 10.2. The van der Waals surface area contributed by atoms with E-state index in [0.717, 1.165) is 10.0 Å². The normalized spacial score (nSPS) is 11.6. The van der Waals surface area contributed by atoms with Crippen molar-refractivity contribution in [1.29, 1.82) is 0 Å². The molecule has 0 bridgehead atoms. The van der Waals surface area contributed by atoms with Crippen LogP contribution < -0.4 is 10.0 Å². The van der Waals surface area contributed by atoms with Crippen molar-refractivity contribution in [2.75, 3.05) is 5.32 Å². The third-order valence-electron chi connectivity index (χ3n) is 3.75. The second-order valence-electron chi connectivity index (χ2n) is 5.78. The van der Waals surface area contributed by atoms with Gasteiger partial charge in [-0.05, 0) is 48.0 Å². The van der Waals surface area contributed by atoms with E-state index in [-0.39, 0.29) is 17.3 Å². The molecule has 0 radical (unpaired) electrons. The Morgan fingerprint density at radius 3 is 2.64 bits per heavy atom. The zero-order chi connectivity index (χ0) is 20.0. The van der Waals surface area contributed by atoms with Crippen molar-refractivity contribution in [2.45, 2.75) is 11.4 Å². The molecule has 2 aromatic carbocycles. The maximum atomic E-state index is 12.4. The first-order valence-corrected chi connectivity index (χ1v) is 10.6. The zero-order valence-electron chi connectivity index (χ0n) is 14.6. The van der Waals surface area contributed by atoms with Gasteiger partial charge in [0, 0.05) is 16.2 Å². The van der Waals surface area contributed by atoms with Gasteiger partial charge in [0.2, 0.25) is 15.9 Å². The molecule has 1 aromatic heterocycles. The van der Waals surface area contributed by atoms with Gasteiger partial charge in [0.25, 0.3) is 0 Å². The van der Waals surface area contributed by atoms with Gasteiger partial charge in [0.15, 0.2) is 0 Å². The molecular weight excluding hydrogens is 444 g/mol. The van der Waals surface area contributed by atoms with E-state index >= 15 is 0 Å². The minimum atomic E-state index is -3.74. The number of anilines is 1. The summed E-state index contributed by atoms with van der Waals surface area (Å²) in [5, 5.41) is 2.66. The highest BCUT2D eigenvalue weighted by molar-refractivity contribution is 9.10. The monoisotopic (exact) mass is 460 g/mol. The van der Waals surface area contributed by atoms with Crippen molar-refractivity contribution < 1.29 is 17.6 Å². The summed E-state index contributed by atoms with van der Waals surface area (Å²) >= 11 is 3.41. The topological polar surface area (TPSA) is 88.4 Å². The molecule has 144 valence electrons. The minimum Gasteiger partial charge on any atom is -0.468 e. The second-order valence-corrected chi connectivity index (χ2v) is 8.40. The number of amides is 1. The first-order chi connectivity index (χ1) is 13.4. The van der Waals surface area contributed by atoms with Crippen molar-refractivity contribution >= 4 is 43.6 Å². The van der Waals surface area contributed by atoms with Crippen LogP contribution in [0.25, 0.3) is 6.08 Å². The van der Waals surface area contributed by atoms with E-state index in [0.29, 0.717) is 11.4 Å². The van der Waals surface area contributed by atoms with Crippen molar-refractivity contribution in [3.8, 4) is 0 Å². The predicted molar refractivity (Wildman–Crippen MR) is 111 cm³/mol. The van der Waals surface area contributed by atoms with Gasteiger partial charge < -0.3 is 9.73 Å². The molecule has 0 unspecified atom stereocenters. The molecule has 8 heteroatoms.